The molecule has 1 aliphatic rings. The Morgan fingerprint density at radius 2 is 2.11 bits per heavy atom. The van der Waals surface area contributed by atoms with Gasteiger partial charge in [-0.25, -0.2) is 0 Å². The van der Waals surface area contributed by atoms with Crippen LogP contribution in [0.3, 0.4) is 0 Å². The monoisotopic (exact) mass is 329 g/mol. The van der Waals surface area contributed by atoms with Crippen LogP contribution >= 0.6 is 27.5 Å². The van der Waals surface area contributed by atoms with Gasteiger partial charge >= 0.3 is 0 Å². The number of benzene rings is 1. The quantitative estimate of drug-likeness (QED) is 0.802. The van der Waals surface area contributed by atoms with E-state index < -0.39 is 0 Å². The molecule has 0 heterocycles. The molecule has 3 atom stereocenters. The summed E-state index contributed by atoms with van der Waals surface area (Å²) in [7, 11) is 0. The van der Waals surface area contributed by atoms with E-state index in [-0.39, 0.29) is 5.54 Å². The zero-order valence-corrected chi connectivity index (χ0v) is 13.4. The van der Waals surface area contributed by atoms with E-state index in [0.717, 1.165) is 21.0 Å². The van der Waals surface area contributed by atoms with Crippen molar-refractivity contribution in [3.8, 4) is 0 Å². The van der Waals surface area contributed by atoms with Crippen LogP contribution in [0.1, 0.15) is 45.1 Å². The summed E-state index contributed by atoms with van der Waals surface area (Å²) in [6, 6.07) is 6.03. The maximum atomic E-state index is 6.63. The topological polar surface area (TPSA) is 26.0 Å². The van der Waals surface area contributed by atoms with Crippen LogP contribution in [0.2, 0.25) is 5.02 Å². The van der Waals surface area contributed by atoms with Gasteiger partial charge in [0, 0.05) is 15.0 Å². The minimum absolute atomic E-state index is 0.327. The van der Waals surface area contributed by atoms with Crippen molar-refractivity contribution in [3.63, 3.8) is 0 Å². The first-order chi connectivity index (χ1) is 8.41. The third-order valence-corrected chi connectivity index (χ3v) is 5.10. The van der Waals surface area contributed by atoms with Crippen molar-refractivity contribution >= 4 is 27.5 Å². The lowest BCUT2D eigenvalue weighted by Gasteiger charge is -2.39. The maximum Gasteiger partial charge on any atom is 0.0467 e. The van der Waals surface area contributed by atoms with Crippen LogP contribution in [0.15, 0.2) is 22.7 Å². The second kappa shape index (κ2) is 5.52. The molecule has 1 aromatic rings. The summed E-state index contributed by atoms with van der Waals surface area (Å²) in [5.74, 6) is 1.31. The van der Waals surface area contributed by atoms with Gasteiger partial charge in [-0.15, -0.1) is 0 Å². The molecule has 0 aromatic heterocycles. The predicted molar refractivity (Wildman–Crippen MR) is 81.8 cm³/mol. The molecule has 18 heavy (non-hydrogen) atoms. The van der Waals surface area contributed by atoms with Gasteiger partial charge in [0.25, 0.3) is 0 Å². The molecule has 2 rings (SSSR count). The van der Waals surface area contributed by atoms with Crippen molar-refractivity contribution in [2.45, 2.75) is 45.1 Å². The first kappa shape index (κ1) is 14.4. The minimum atomic E-state index is -0.327. The first-order valence-electron chi connectivity index (χ1n) is 6.65. The van der Waals surface area contributed by atoms with E-state index in [1.165, 1.54) is 25.7 Å². The summed E-state index contributed by atoms with van der Waals surface area (Å²) in [5, 5.41) is 0.771. The lowest BCUT2D eigenvalue weighted by atomic mass is 9.70. The molecule has 1 fully saturated rings. The van der Waals surface area contributed by atoms with Crippen LogP contribution in [0.4, 0.5) is 0 Å². The predicted octanol–water partition coefficient (Wildman–Crippen LogP) is 5.10. The van der Waals surface area contributed by atoms with E-state index in [2.05, 4.69) is 35.8 Å². The number of hydrogen-bond donors (Lipinski definition) is 1. The van der Waals surface area contributed by atoms with Gasteiger partial charge < -0.3 is 5.73 Å². The molecular weight excluding hydrogens is 310 g/mol. The smallest absolute Gasteiger partial charge is 0.0467 e. The van der Waals surface area contributed by atoms with Crippen LogP contribution in [0.5, 0.6) is 0 Å². The Morgan fingerprint density at radius 3 is 2.72 bits per heavy atom. The summed E-state index contributed by atoms with van der Waals surface area (Å²) in [5.41, 5.74) is 7.37. The molecule has 1 saturated carbocycles. The van der Waals surface area contributed by atoms with E-state index in [9.17, 15) is 0 Å². The average Bonchev–Trinajstić information content (AvgIpc) is 2.28. The molecule has 3 heteroatoms. The highest BCUT2D eigenvalue weighted by atomic mass is 79.9. The molecule has 1 nitrogen and oxygen atoms in total. The third-order valence-electron chi connectivity index (χ3n) is 4.30. The van der Waals surface area contributed by atoms with Gasteiger partial charge in [0.05, 0.1) is 0 Å². The van der Waals surface area contributed by atoms with Gasteiger partial charge in [-0.05, 0) is 49.3 Å². The summed E-state index contributed by atoms with van der Waals surface area (Å²) >= 11 is 9.80. The second-order valence-corrected chi connectivity index (χ2v) is 7.20. The fourth-order valence-electron chi connectivity index (χ4n) is 3.13. The molecule has 0 radical (unpaired) electrons. The van der Waals surface area contributed by atoms with Gasteiger partial charge in [0.2, 0.25) is 0 Å². The molecule has 1 aliphatic carbocycles. The average molecular weight is 331 g/mol. The SMILES string of the molecule is CC1CCCC(C(C)(N)c2ccc(Br)cc2Cl)C1. The van der Waals surface area contributed by atoms with Crippen molar-refractivity contribution in [1.29, 1.82) is 0 Å². The van der Waals surface area contributed by atoms with Gasteiger partial charge in [-0.3, -0.25) is 0 Å². The molecule has 0 saturated heterocycles. The first-order valence-corrected chi connectivity index (χ1v) is 7.82. The zero-order chi connectivity index (χ0) is 13.3. The molecule has 3 unspecified atom stereocenters. The van der Waals surface area contributed by atoms with Gasteiger partial charge in [0.15, 0.2) is 0 Å². The number of rotatable bonds is 2. The molecule has 0 spiro atoms. The number of hydrogen-bond acceptors (Lipinski definition) is 1. The Labute approximate surface area is 123 Å². The highest BCUT2D eigenvalue weighted by Crippen LogP contribution is 2.42. The summed E-state index contributed by atoms with van der Waals surface area (Å²) < 4.78 is 1.00. The standard InChI is InChI=1S/C15H21BrClN/c1-10-4-3-5-11(8-10)15(2,18)13-7-6-12(16)9-14(13)17/h6-7,9-11H,3-5,8,18H2,1-2H3. The molecular formula is C15H21BrClN. The van der Waals surface area contributed by atoms with Crippen molar-refractivity contribution in [1.82, 2.24) is 0 Å². The Hall–Kier alpha value is -0.0500. The lowest BCUT2D eigenvalue weighted by Crippen LogP contribution is -2.43. The van der Waals surface area contributed by atoms with Crippen molar-refractivity contribution < 1.29 is 0 Å². The Kier molecular flexibility index (Phi) is 4.40. The summed E-state index contributed by atoms with van der Waals surface area (Å²) in [6.07, 6.45) is 5.04. The van der Waals surface area contributed by atoms with Crippen molar-refractivity contribution in [3.05, 3.63) is 33.3 Å². The fraction of sp³-hybridized carbons (Fsp3) is 0.600. The van der Waals surface area contributed by atoms with E-state index >= 15 is 0 Å². The van der Waals surface area contributed by atoms with Crippen molar-refractivity contribution in [2.24, 2.45) is 17.6 Å². The fourth-order valence-corrected chi connectivity index (χ4v) is 4.00. The van der Waals surface area contributed by atoms with E-state index in [1.807, 2.05) is 12.1 Å². The minimum Gasteiger partial charge on any atom is -0.321 e. The molecule has 1 aromatic carbocycles. The normalized spacial score (nSPS) is 27.8. The van der Waals surface area contributed by atoms with Gasteiger partial charge in [0.1, 0.15) is 0 Å². The summed E-state index contributed by atoms with van der Waals surface area (Å²) in [4.78, 5) is 0. The van der Waals surface area contributed by atoms with Gasteiger partial charge in [-0.1, -0.05) is 53.4 Å². The number of nitrogens with two attached hydrogens (primary N) is 1. The van der Waals surface area contributed by atoms with Crippen LogP contribution in [0.25, 0.3) is 0 Å². The van der Waals surface area contributed by atoms with E-state index in [0.29, 0.717) is 5.92 Å². The molecule has 0 amide bonds. The molecule has 0 bridgehead atoms. The molecule has 100 valence electrons. The van der Waals surface area contributed by atoms with Crippen LogP contribution in [-0.4, -0.2) is 0 Å². The van der Waals surface area contributed by atoms with Crippen molar-refractivity contribution in [2.75, 3.05) is 0 Å². The van der Waals surface area contributed by atoms with E-state index in [4.69, 9.17) is 17.3 Å². The Bertz CT molecular complexity index is 431. The number of halogens is 2. The maximum absolute atomic E-state index is 6.63. The highest BCUT2D eigenvalue weighted by molar-refractivity contribution is 9.10. The van der Waals surface area contributed by atoms with Crippen LogP contribution in [-0.2, 0) is 5.54 Å². The highest BCUT2D eigenvalue weighted by Gasteiger charge is 2.35. The third kappa shape index (κ3) is 2.92. The van der Waals surface area contributed by atoms with E-state index in [1.54, 1.807) is 0 Å². The summed E-state index contributed by atoms with van der Waals surface area (Å²) in [6.45, 7) is 4.45. The second-order valence-electron chi connectivity index (χ2n) is 5.88. The van der Waals surface area contributed by atoms with Crippen LogP contribution < -0.4 is 5.73 Å². The molecule has 0 aliphatic heterocycles. The molecule has 2 N–H and O–H groups in total. The lowest BCUT2D eigenvalue weighted by molar-refractivity contribution is 0.185. The van der Waals surface area contributed by atoms with Crippen LogP contribution in [0, 0.1) is 11.8 Å². The zero-order valence-electron chi connectivity index (χ0n) is 11.0. The Balaban J connectivity index is 2.28. The largest absolute Gasteiger partial charge is 0.321 e. The Morgan fingerprint density at radius 1 is 1.39 bits per heavy atom. The van der Waals surface area contributed by atoms with Gasteiger partial charge in [-0.2, -0.15) is 0 Å².